The fourth-order valence-electron chi connectivity index (χ4n) is 1.29. The summed E-state index contributed by atoms with van der Waals surface area (Å²) in [5.41, 5.74) is 0. The summed E-state index contributed by atoms with van der Waals surface area (Å²) >= 11 is 3.53. The third-order valence-electron chi connectivity index (χ3n) is 1.96. The standard InChI is InChI=1S/C7H14N2O.CH4S/c1-8-7(10)6-2-4-9-5-3-6;1-2/h6,9H,2-5H2,1H3,(H,8,10);2H,1H3. The highest BCUT2D eigenvalue weighted by Gasteiger charge is 2.18. The molecule has 1 amide bonds. The average molecular weight is 190 g/mol. The van der Waals surface area contributed by atoms with Gasteiger partial charge in [-0.1, -0.05) is 0 Å². The Balaban J connectivity index is 0.000000561. The molecule has 2 N–H and O–H groups in total. The molecule has 1 heterocycles. The summed E-state index contributed by atoms with van der Waals surface area (Å²) in [5.74, 6) is 0.452. The van der Waals surface area contributed by atoms with Gasteiger partial charge in [0.2, 0.25) is 5.91 Å². The lowest BCUT2D eigenvalue weighted by molar-refractivity contribution is -0.125. The lowest BCUT2D eigenvalue weighted by atomic mass is 9.97. The van der Waals surface area contributed by atoms with Crippen LogP contribution >= 0.6 is 12.6 Å². The molecule has 1 fully saturated rings. The van der Waals surface area contributed by atoms with Gasteiger partial charge in [0.05, 0.1) is 0 Å². The van der Waals surface area contributed by atoms with Crippen molar-refractivity contribution in [1.29, 1.82) is 0 Å². The van der Waals surface area contributed by atoms with Crippen LogP contribution in [-0.2, 0) is 4.79 Å². The van der Waals surface area contributed by atoms with E-state index in [0.29, 0.717) is 0 Å². The van der Waals surface area contributed by atoms with Crippen LogP contribution in [0.3, 0.4) is 0 Å². The Hall–Kier alpha value is -0.220. The molecule has 0 bridgehead atoms. The van der Waals surface area contributed by atoms with Crippen LogP contribution < -0.4 is 10.6 Å². The molecule has 0 unspecified atom stereocenters. The first-order valence-electron chi connectivity index (χ1n) is 4.21. The predicted molar refractivity (Wildman–Crippen MR) is 54.6 cm³/mol. The van der Waals surface area contributed by atoms with Crippen molar-refractivity contribution in [2.24, 2.45) is 5.92 Å². The Morgan fingerprint density at radius 2 is 1.92 bits per heavy atom. The zero-order valence-electron chi connectivity index (χ0n) is 7.76. The Bertz CT molecular complexity index is 124. The van der Waals surface area contributed by atoms with E-state index in [1.165, 1.54) is 0 Å². The molecule has 12 heavy (non-hydrogen) atoms. The van der Waals surface area contributed by atoms with E-state index >= 15 is 0 Å². The van der Waals surface area contributed by atoms with E-state index in [1.807, 2.05) is 0 Å². The number of hydrogen-bond acceptors (Lipinski definition) is 3. The molecule has 1 saturated heterocycles. The summed E-state index contributed by atoms with van der Waals surface area (Å²) in [7, 11) is 1.70. The lowest BCUT2D eigenvalue weighted by Gasteiger charge is -2.20. The lowest BCUT2D eigenvalue weighted by Crippen LogP contribution is -2.36. The second-order valence-corrected chi connectivity index (χ2v) is 2.64. The van der Waals surface area contributed by atoms with E-state index in [4.69, 9.17) is 0 Å². The fraction of sp³-hybridized carbons (Fsp3) is 0.875. The summed E-state index contributed by atoms with van der Waals surface area (Å²) in [6.07, 6.45) is 3.67. The minimum Gasteiger partial charge on any atom is -0.359 e. The monoisotopic (exact) mass is 190 g/mol. The summed E-state index contributed by atoms with van der Waals surface area (Å²) in [4.78, 5) is 11.0. The molecule has 0 saturated carbocycles. The minimum atomic E-state index is 0.196. The van der Waals surface area contributed by atoms with E-state index in [2.05, 4.69) is 23.3 Å². The van der Waals surface area contributed by atoms with Crippen molar-refractivity contribution < 1.29 is 4.79 Å². The number of amides is 1. The second kappa shape index (κ2) is 7.43. The molecule has 0 aromatic carbocycles. The Morgan fingerprint density at radius 1 is 1.42 bits per heavy atom. The fourth-order valence-corrected chi connectivity index (χ4v) is 1.29. The maximum Gasteiger partial charge on any atom is 0.222 e. The Kier molecular flexibility index (Phi) is 7.29. The molecule has 4 heteroatoms. The van der Waals surface area contributed by atoms with Crippen LogP contribution in [0.5, 0.6) is 0 Å². The number of piperidine rings is 1. The number of hydrogen-bond donors (Lipinski definition) is 3. The first-order chi connectivity index (χ1) is 5.84. The molecule has 72 valence electrons. The third kappa shape index (κ3) is 3.97. The first kappa shape index (κ1) is 11.8. The molecular weight excluding hydrogens is 172 g/mol. The molecule has 1 rings (SSSR count). The number of carbonyl (C=O) groups is 1. The first-order valence-corrected chi connectivity index (χ1v) is 5.11. The second-order valence-electron chi connectivity index (χ2n) is 2.64. The molecule has 0 radical (unpaired) electrons. The number of rotatable bonds is 1. The Morgan fingerprint density at radius 3 is 2.33 bits per heavy atom. The van der Waals surface area contributed by atoms with Gasteiger partial charge in [0, 0.05) is 13.0 Å². The van der Waals surface area contributed by atoms with Gasteiger partial charge in [0.15, 0.2) is 0 Å². The smallest absolute Gasteiger partial charge is 0.222 e. The van der Waals surface area contributed by atoms with Gasteiger partial charge >= 0.3 is 0 Å². The van der Waals surface area contributed by atoms with Crippen molar-refractivity contribution >= 4 is 18.5 Å². The molecule has 0 atom stereocenters. The molecule has 0 aliphatic carbocycles. The van der Waals surface area contributed by atoms with Crippen molar-refractivity contribution in [1.82, 2.24) is 10.6 Å². The molecule has 0 aromatic rings. The molecule has 0 aromatic heterocycles. The summed E-state index contributed by atoms with van der Waals surface area (Å²) < 4.78 is 0. The van der Waals surface area contributed by atoms with E-state index in [1.54, 1.807) is 13.3 Å². The maximum absolute atomic E-state index is 11.0. The van der Waals surface area contributed by atoms with Crippen LogP contribution in [0.15, 0.2) is 0 Å². The SMILES string of the molecule is CNC(=O)C1CCNCC1.CS. The Labute approximate surface area is 79.7 Å². The third-order valence-corrected chi connectivity index (χ3v) is 1.96. The van der Waals surface area contributed by atoms with Gasteiger partial charge in [-0.2, -0.15) is 12.6 Å². The van der Waals surface area contributed by atoms with Crippen molar-refractivity contribution in [3.8, 4) is 0 Å². The summed E-state index contributed by atoms with van der Waals surface area (Å²) in [6.45, 7) is 1.97. The highest BCUT2D eigenvalue weighted by molar-refractivity contribution is 7.79. The maximum atomic E-state index is 11.0. The average Bonchev–Trinajstić information content (AvgIpc) is 2.21. The van der Waals surface area contributed by atoms with Gasteiger partial charge in [-0.25, -0.2) is 0 Å². The van der Waals surface area contributed by atoms with Crippen molar-refractivity contribution in [3.05, 3.63) is 0 Å². The van der Waals surface area contributed by atoms with Crippen LogP contribution in [0.4, 0.5) is 0 Å². The van der Waals surface area contributed by atoms with Crippen LogP contribution in [0.25, 0.3) is 0 Å². The summed E-state index contributed by atoms with van der Waals surface area (Å²) in [5, 5.41) is 5.88. The molecule has 1 aliphatic rings. The zero-order chi connectivity index (χ0) is 9.40. The number of nitrogens with one attached hydrogen (secondary N) is 2. The highest BCUT2D eigenvalue weighted by Crippen LogP contribution is 2.10. The number of carbonyl (C=O) groups excluding carboxylic acids is 1. The van der Waals surface area contributed by atoms with Crippen LogP contribution in [0.2, 0.25) is 0 Å². The van der Waals surface area contributed by atoms with E-state index < -0.39 is 0 Å². The molecule has 1 aliphatic heterocycles. The van der Waals surface area contributed by atoms with Gasteiger partial charge in [-0.3, -0.25) is 4.79 Å². The van der Waals surface area contributed by atoms with Gasteiger partial charge in [0.1, 0.15) is 0 Å². The van der Waals surface area contributed by atoms with E-state index in [9.17, 15) is 4.79 Å². The minimum absolute atomic E-state index is 0.196. The topological polar surface area (TPSA) is 41.1 Å². The zero-order valence-corrected chi connectivity index (χ0v) is 8.66. The van der Waals surface area contributed by atoms with Crippen LogP contribution in [0.1, 0.15) is 12.8 Å². The molecular formula is C8H18N2OS. The van der Waals surface area contributed by atoms with Crippen molar-refractivity contribution in [3.63, 3.8) is 0 Å². The highest BCUT2D eigenvalue weighted by atomic mass is 32.1. The quantitative estimate of drug-likeness (QED) is 0.520. The van der Waals surface area contributed by atoms with Gasteiger partial charge < -0.3 is 10.6 Å². The predicted octanol–water partition coefficient (Wildman–Crippen LogP) is 0.278. The van der Waals surface area contributed by atoms with Gasteiger partial charge in [-0.15, -0.1) is 0 Å². The van der Waals surface area contributed by atoms with Crippen molar-refractivity contribution in [2.45, 2.75) is 12.8 Å². The van der Waals surface area contributed by atoms with Crippen molar-refractivity contribution in [2.75, 3.05) is 26.4 Å². The summed E-state index contributed by atoms with van der Waals surface area (Å²) in [6, 6.07) is 0. The number of thiol groups is 1. The largest absolute Gasteiger partial charge is 0.359 e. The van der Waals surface area contributed by atoms with E-state index in [0.717, 1.165) is 25.9 Å². The molecule has 3 nitrogen and oxygen atoms in total. The normalized spacial score (nSPS) is 17.6. The van der Waals surface area contributed by atoms with Crippen LogP contribution in [0, 0.1) is 5.92 Å². The van der Waals surface area contributed by atoms with Gasteiger partial charge in [0.25, 0.3) is 0 Å². The van der Waals surface area contributed by atoms with E-state index in [-0.39, 0.29) is 11.8 Å². The van der Waals surface area contributed by atoms with Crippen LogP contribution in [-0.4, -0.2) is 32.3 Å². The molecule has 0 spiro atoms. The van der Waals surface area contributed by atoms with Gasteiger partial charge in [-0.05, 0) is 32.2 Å².